The molecule has 1 aliphatic rings. The molecule has 21 heavy (non-hydrogen) atoms. The van der Waals surface area contributed by atoms with Crippen LogP contribution >= 0.6 is 0 Å². The molecule has 0 saturated carbocycles. The number of nitrogens with zero attached hydrogens (tertiary/aromatic N) is 1. The van der Waals surface area contributed by atoms with Gasteiger partial charge in [0.15, 0.2) is 9.84 Å². The van der Waals surface area contributed by atoms with E-state index < -0.39 is 15.8 Å². The van der Waals surface area contributed by atoms with E-state index in [0.717, 1.165) is 11.1 Å². The molecule has 6 heteroatoms. The third kappa shape index (κ3) is 4.04. The smallest absolute Gasteiger partial charge is 0.335 e. The van der Waals surface area contributed by atoms with Crippen LogP contribution in [0.1, 0.15) is 34.8 Å². The van der Waals surface area contributed by atoms with Crippen LogP contribution in [0.3, 0.4) is 0 Å². The Labute approximate surface area is 125 Å². The Hall–Kier alpha value is -1.40. The summed E-state index contributed by atoms with van der Waals surface area (Å²) in [5.74, 6) is -0.485. The van der Waals surface area contributed by atoms with Gasteiger partial charge in [0, 0.05) is 25.4 Å². The Balaban J connectivity index is 2.04. The standard InChI is InChI=1S/C15H21NO4S/c1-2-9-21(19,20)10-8-16-7-6-13-12(11-16)4-3-5-14(13)15(17)18/h3-5H,2,6-11H2,1H3,(H,17,18). The molecule has 1 heterocycles. The second-order valence-electron chi connectivity index (χ2n) is 5.43. The summed E-state index contributed by atoms with van der Waals surface area (Å²) in [6.45, 7) is 3.71. The fourth-order valence-electron chi connectivity index (χ4n) is 2.74. The number of fused-ring (bicyclic) bond motifs is 1. The first-order chi connectivity index (χ1) is 9.93. The molecule has 2 rings (SSSR count). The molecule has 0 aromatic heterocycles. The molecule has 0 aliphatic carbocycles. The zero-order valence-corrected chi connectivity index (χ0v) is 13.0. The molecule has 0 unspecified atom stereocenters. The number of hydrogen-bond acceptors (Lipinski definition) is 4. The lowest BCUT2D eigenvalue weighted by Gasteiger charge is -2.29. The van der Waals surface area contributed by atoms with Crippen molar-refractivity contribution in [2.45, 2.75) is 26.3 Å². The van der Waals surface area contributed by atoms with Crippen LogP contribution in [0.2, 0.25) is 0 Å². The van der Waals surface area contributed by atoms with Crippen molar-refractivity contribution in [2.75, 3.05) is 24.6 Å². The molecule has 0 bridgehead atoms. The summed E-state index contributed by atoms with van der Waals surface area (Å²) in [4.78, 5) is 13.3. The first-order valence-electron chi connectivity index (χ1n) is 7.20. The average molecular weight is 311 g/mol. The average Bonchev–Trinajstić information content (AvgIpc) is 2.44. The number of aromatic carboxylic acids is 1. The summed E-state index contributed by atoms with van der Waals surface area (Å²) >= 11 is 0. The molecule has 0 radical (unpaired) electrons. The summed E-state index contributed by atoms with van der Waals surface area (Å²) in [6.07, 6.45) is 1.30. The third-order valence-corrected chi connectivity index (χ3v) is 5.64. The number of carbonyl (C=O) groups is 1. The number of rotatable bonds is 6. The summed E-state index contributed by atoms with van der Waals surface area (Å²) in [6, 6.07) is 5.30. The number of carboxylic acid groups (broad SMARTS) is 1. The highest BCUT2D eigenvalue weighted by molar-refractivity contribution is 7.91. The van der Waals surface area contributed by atoms with Crippen LogP contribution in [0.15, 0.2) is 18.2 Å². The number of hydrogen-bond donors (Lipinski definition) is 1. The molecule has 0 fully saturated rings. The fourth-order valence-corrected chi connectivity index (χ4v) is 4.10. The normalized spacial score (nSPS) is 15.7. The number of carboxylic acids is 1. The van der Waals surface area contributed by atoms with Gasteiger partial charge in [0.2, 0.25) is 0 Å². The zero-order chi connectivity index (χ0) is 15.5. The van der Waals surface area contributed by atoms with E-state index >= 15 is 0 Å². The number of benzene rings is 1. The van der Waals surface area contributed by atoms with Gasteiger partial charge in [-0.15, -0.1) is 0 Å². The maximum absolute atomic E-state index is 11.8. The van der Waals surface area contributed by atoms with Crippen molar-refractivity contribution in [2.24, 2.45) is 0 Å². The summed E-state index contributed by atoms with van der Waals surface area (Å²) in [5.41, 5.74) is 2.25. The van der Waals surface area contributed by atoms with Gasteiger partial charge >= 0.3 is 5.97 Å². The van der Waals surface area contributed by atoms with Crippen LogP contribution < -0.4 is 0 Å². The van der Waals surface area contributed by atoms with Crippen molar-refractivity contribution < 1.29 is 18.3 Å². The highest BCUT2D eigenvalue weighted by atomic mass is 32.2. The van der Waals surface area contributed by atoms with Crippen LogP contribution in [0, 0.1) is 0 Å². The summed E-state index contributed by atoms with van der Waals surface area (Å²) < 4.78 is 23.5. The topological polar surface area (TPSA) is 74.7 Å². The van der Waals surface area contributed by atoms with Crippen LogP contribution in [0.4, 0.5) is 0 Å². The first kappa shape index (κ1) is 16.0. The minimum atomic E-state index is -2.97. The van der Waals surface area contributed by atoms with E-state index in [4.69, 9.17) is 0 Å². The van der Waals surface area contributed by atoms with E-state index in [0.29, 0.717) is 38.0 Å². The van der Waals surface area contributed by atoms with Gasteiger partial charge in [-0.05, 0) is 30.0 Å². The molecule has 0 saturated heterocycles. The molecule has 5 nitrogen and oxygen atoms in total. The minimum Gasteiger partial charge on any atom is -0.478 e. The van der Waals surface area contributed by atoms with Gasteiger partial charge in [0.1, 0.15) is 0 Å². The predicted molar refractivity (Wildman–Crippen MR) is 81.3 cm³/mol. The van der Waals surface area contributed by atoms with Crippen molar-refractivity contribution in [3.05, 3.63) is 34.9 Å². The maximum atomic E-state index is 11.8. The summed E-state index contributed by atoms with van der Waals surface area (Å²) in [7, 11) is -2.97. The van der Waals surface area contributed by atoms with Crippen molar-refractivity contribution in [1.82, 2.24) is 4.90 Å². The van der Waals surface area contributed by atoms with Crippen LogP contribution in [0.5, 0.6) is 0 Å². The van der Waals surface area contributed by atoms with Crippen LogP contribution in [-0.2, 0) is 22.8 Å². The second-order valence-corrected chi connectivity index (χ2v) is 7.73. The van der Waals surface area contributed by atoms with Crippen molar-refractivity contribution in [3.63, 3.8) is 0 Å². The second kappa shape index (κ2) is 6.58. The first-order valence-corrected chi connectivity index (χ1v) is 9.02. The summed E-state index contributed by atoms with van der Waals surface area (Å²) in [5, 5.41) is 9.18. The van der Waals surface area contributed by atoms with E-state index in [9.17, 15) is 18.3 Å². The van der Waals surface area contributed by atoms with E-state index in [1.807, 2.05) is 13.0 Å². The molecule has 0 spiro atoms. The highest BCUT2D eigenvalue weighted by Gasteiger charge is 2.22. The van der Waals surface area contributed by atoms with Crippen molar-refractivity contribution >= 4 is 15.8 Å². The van der Waals surface area contributed by atoms with Gasteiger partial charge in [-0.1, -0.05) is 19.1 Å². The Kier molecular flexibility index (Phi) is 5.00. The molecule has 1 aromatic carbocycles. The molecule has 1 N–H and O–H groups in total. The highest BCUT2D eigenvalue weighted by Crippen LogP contribution is 2.22. The third-order valence-electron chi connectivity index (χ3n) is 3.81. The van der Waals surface area contributed by atoms with E-state index in [-0.39, 0.29) is 11.5 Å². The Morgan fingerprint density at radius 3 is 2.76 bits per heavy atom. The number of sulfone groups is 1. The van der Waals surface area contributed by atoms with Crippen molar-refractivity contribution in [1.29, 1.82) is 0 Å². The molecule has 116 valence electrons. The molecular weight excluding hydrogens is 290 g/mol. The van der Waals surface area contributed by atoms with Gasteiger partial charge in [0.05, 0.1) is 11.3 Å². The Morgan fingerprint density at radius 1 is 1.33 bits per heavy atom. The monoisotopic (exact) mass is 311 g/mol. The quantitative estimate of drug-likeness (QED) is 0.863. The van der Waals surface area contributed by atoms with Crippen molar-refractivity contribution in [3.8, 4) is 0 Å². The van der Waals surface area contributed by atoms with Crippen LogP contribution in [-0.4, -0.2) is 49.0 Å². The minimum absolute atomic E-state index is 0.175. The van der Waals surface area contributed by atoms with Gasteiger partial charge in [-0.25, -0.2) is 13.2 Å². The van der Waals surface area contributed by atoms with E-state index in [2.05, 4.69) is 4.90 Å². The largest absolute Gasteiger partial charge is 0.478 e. The lowest BCUT2D eigenvalue weighted by molar-refractivity contribution is 0.0694. The van der Waals surface area contributed by atoms with Gasteiger partial charge in [-0.3, -0.25) is 4.90 Å². The molecule has 1 aromatic rings. The Bertz CT molecular complexity index is 625. The predicted octanol–water partition coefficient (Wildman–Crippen LogP) is 1.57. The van der Waals surface area contributed by atoms with E-state index in [1.54, 1.807) is 12.1 Å². The van der Waals surface area contributed by atoms with E-state index in [1.165, 1.54) is 0 Å². The SMILES string of the molecule is CCCS(=O)(=O)CCN1CCc2c(cccc2C(=O)O)C1. The molecule has 0 atom stereocenters. The fraction of sp³-hybridized carbons (Fsp3) is 0.533. The molecular formula is C15H21NO4S. The maximum Gasteiger partial charge on any atom is 0.335 e. The van der Waals surface area contributed by atoms with Gasteiger partial charge in [0.25, 0.3) is 0 Å². The Morgan fingerprint density at radius 2 is 2.10 bits per heavy atom. The van der Waals surface area contributed by atoms with Gasteiger partial charge in [-0.2, -0.15) is 0 Å². The zero-order valence-electron chi connectivity index (χ0n) is 12.2. The lowest BCUT2D eigenvalue weighted by atomic mass is 9.94. The van der Waals surface area contributed by atoms with Gasteiger partial charge < -0.3 is 5.11 Å². The molecule has 0 amide bonds. The molecule has 1 aliphatic heterocycles. The van der Waals surface area contributed by atoms with Crippen LogP contribution in [0.25, 0.3) is 0 Å². The lowest BCUT2D eigenvalue weighted by Crippen LogP contribution is -2.35.